The van der Waals surface area contributed by atoms with Crippen LogP contribution in [0, 0.1) is 0 Å². The van der Waals surface area contributed by atoms with Gasteiger partial charge < -0.3 is 20.5 Å². The summed E-state index contributed by atoms with van der Waals surface area (Å²) in [6, 6.07) is 5.30. The number of carbonyl (C=O) groups is 1. The molecule has 5 nitrogen and oxygen atoms in total. The maximum absolute atomic E-state index is 11.0. The summed E-state index contributed by atoms with van der Waals surface area (Å²) in [5.74, 6) is 1.38. The van der Waals surface area contributed by atoms with Crippen LogP contribution < -0.4 is 20.5 Å². The zero-order valence-corrected chi connectivity index (χ0v) is 11.7. The Labute approximate surface area is 114 Å². The summed E-state index contributed by atoms with van der Waals surface area (Å²) < 4.78 is 10.5. The van der Waals surface area contributed by atoms with Crippen LogP contribution in [0.15, 0.2) is 18.2 Å². The van der Waals surface area contributed by atoms with Crippen LogP contribution in [0.3, 0.4) is 0 Å². The lowest BCUT2D eigenvalue weighted by atomic mass is 10.0. The van der Waals surface area contributed by atoms with Gasteiger partial charge in [-0.05, 0) is 30.5 Å². The molecule has 0 aliphatic carbocycles. The second-order valence-corrected chi connectivity index (χ2v) is 4.39. The van der Waals surface area contributed by atoms with E-state index in [4.69, 9.17) is 15.2 Å². The van der Waals surface area contributed by atoms with Crippen LogP contribution in [0.2, 0.25) is 0 Å². The van der Waals surface area contributed by atoms with E-state index in [0.717, 1.165) is 24.8 Å². The normalized spacial score (nSPS) is 11.7. The number of methoxy groups -OCH3 is 2. The lowest BCUT2D eigenvalue weighted by molar-refractivity contribution is 0.244. The van der Waals surface area contributed by atoms with Crippen molar-refractivity contribution in [2.45, 2.75) is 32.2 Å². The number of benzene rings is 1. The van der Waals surface area contributed by atoms with Crippen molar-refractivity contribution in [3.05, 3.63) is 23.8 Å². The standard InChI is InChI=1S/C14H22N2O3/c1-4-5-11(16-14(15)17)8-10-6-7-12(18-2)13(9-10)19-3/h6-7,9,11H,4-5,8H2,1-3H3,(H3,15,16,17)/t11-/m0/s1. The minimum absolute atomic E-state index is 0.0422. The predicted octanol–water partition coefficient (Wildman–Crippen LogP) is 2.08. The fourth-order valence-electron chi connectivity index (χ4n) is 2.07. The number of nitrogens with two attached hydrogens (primary N) is 1. The van der Waals surface area contributed by atoms with E-state index in [9.17, 15) is 4.79 Å². The van der Waals surface area contributed by atoms with Gasteiger partial charge in [0.25, 0.3) is 0 Å². The molecule has 0 bridgehead atoms. The molecule has 0 saturated carbocycles. The van der Waals surface area contributed by atoms with Gasteiger partial charge in [-0.25, -0.2) is 4.79 Å². The number of rotatable bonds is 7. The van der Waals surface area contributed by atoms with E-state index in [2.05, 4.69) is 12.2 Å². The second-order valence-electron chi connectivity index (χ2n) is 4.39. The Hall–Kier alpha value is -1.91. The van der Waals surface area contributed by atoms with Crippen molar-refractivity contribution in [2.24, 2.45) is 5.73 Å². The molecule has 1 rings (SSSR count). The molecular formula is C14H22N2O3. The van der Waals surface area contributed by atoms with Gasteiger partial charge in [-0.3, -0.25) is 0 Å². The van der Waals surface area contributed by atoms with Crippen molar-refractivity contribution in [1.29, 1.82) is 0 Å². The zero-order valence-electron chi connectivity index (χ0n) is 11.7. The van der Waals surface area contributed by atoms with Gasteiger partial charge >= 0.3 is 6.03 Å². The number of ether oxygens (including phenoxy) is 2. The van der Waals surface area contributed by atoms with Crippen molar-refractivity contribution in [1.82, 2.24) is 5.32 Å². The van der Waals surface area contributed by atoms with Crippen LogP contribution in [0.4, 0.5) is 4.79 Å². The Kier molecular flexibility index (Phi) is 5.99. The highest BCUT2D eigenvalue weighted by Gasteiger charge is 2.12. The molecule has 5 heteroatoms. The molecule has 0 heterocycles. The molecule has 0 fully saturated rings. The van der Waals surface area contributed by atoms with Crippen LogP contribution in [-0.2, 0) is 6.42 Å². The molecule has 1 aromatic rings. The molecule has 1 atom stereocenters. The van der Waals surface area contributed by atoms with E-state index in [0.29, 0.717) is 11.5 Å². The summed E-state index contributed by atoms with van der Waals surface area (Å²) >= 11 is 0. The minimum Gasteiger partial charge on any atom is -0.493 e. The number of hydrogen-bond acceptors (Lipinski definition) is 3. The van der Waals surface area contributed by atoms with E-state index < -0.39 is 6.03 Å². The summed E-state index contributed by atoms with van der Waals surface area (Å²) in [4.78, 5) is 11.0. The molecule has 0 aliphatic rings. The largest absolute Gasteiger partial charge is 0.493 e. The highest BCUT2D eigenvalue weighted by molar-refractivity contribution is 5.72. The van der Waals surface area contributed by atoms with E-state index in [1.165, 1.54) is 0 Å². The molecule has 3 N–H and O–H groups in total. The summed E-state index contributed by atoms with van der Waals surface area (Å²) in [6.45, 7) is 2.07. The van der Waals surface area contributed by atoms with Crippen molar-refractivity contribution < 1.29 is 14.3 Å². The third-order valence-corrected chi connectivity index (χ3v) is 2.91. The quantitative estimate of drug-likeness (QED) is 0.793. The average Bonchev–Trinajstić information content (AvgIpc) is 2.38. The maximum atomic E-state index is 11.0. The summed E-state index contributed by atoms with van der Waals surface area (Å²) in [6.07, 6.45) is 2.59. The lowest BCUT2D eigenvalue weighted by Crippen LogP contribution is -2.39. The fourth-order valence-corrected chi connectivity index (χ4v) is 2.07. The van der Waals surface area contributed by atoms with E-state index >= 15 is 0 Å². The topological polar surface area (TPSA) is 73.6 Å². The first-order valence-corrected chi connectivity index (χ1v) is 6.37. The van der Waals surface area contributed by atoms with E-state index in [1.807, 2.05) is 18.2 Å². The van der Waals surface area contributed by atoms with Crippen molar-refractivity contribution in [2.75, 3.05) is 14.2 Å². The van der Waals surface area contributed by atoms with Crippen LogP contribution in [0.5, 0.6) is 11.5 Å². The Morgan fingerprint density at radius 1 is 1.32 bits per heavy atom. The molecule has 0 aliphatic heterocycles. The number of urea groups is 1. The Bertz CT molecular complexity index is 421. The van der Waals surface area contributed by atoms with Gasteiger partial charge in [-0.2, -0.15) is 0 Å². The first-order chi connectivity index (χ1) is 9.10. The van der Waals surface area contributed by atoms with Gasteiger partial charge in [0, 0.05) is 6.04 Å². The number of amides is 2. The van der Waals surface area contributed by atoms with Crippen LogP contribution in [-0.4, -0.2) is 26.3 Å². The third kappa shape index (κ3) is 4.69. The van der Waals surface area contributed by atoms with Gasteiger partial charge in [-0.15, -0.1) is 0 Å². The van der Waals surface area contributed by atoms with Crippen molar-refractivity contribution >= 4 is 6.03 Å². The SMILES string of the molecule is CCC[C@@H](Cc1ccc(OC)c(OC)c1)NC(N)=O. The highest BCUT2D eigenvalue weighted by Crippen LogP contribution is 2.28. The van der Waals surface area contributed by atoms with E-state index in [1.54, 1.807) is 14.2 Å². The molecule has 0 spiro atoms. The molecule has 0 aromatic heterocycles. The van der Waals surface area contributed by atoms with Crippen molar-refractivity contribution in [3.63, 3.8) is 0 Å². The Balaban J connectivity index is 2.80. The highest BCUT2D eigenvalue weighted by atomic mass is 16.5. The van der Waals surface area contributed by atoms with Gasteiger partial charge in [0.2, 0.25) is 0 Å². The van der Waals surface area contributed by atoms with Crippen LogP contribution in [0.1, 0.15) is 25.3 Å². The fraction of sp³-hybridized carbons (Fsp3) is 0.500. The molecule has 0 saturated heterocycles. The molecule has 1 aromatic carbocycles. The molecule has 19 heavy (non-hydrogen) atoms. The molecule has 0 radical (unpaired) electrons. The first-order valence-electron chi connectivity index (χ1n) is 6.37. The summed E-state index contributed by atoms with van der Waals surface area (Å²) in [7, 11) is 3.21. The third-order valence-electron chi connectivity index (χ3n) is 2.91. The Morgan fingerprint density at radius 3 is 2.53 bits per heavy atom. The predicted molar refractivity (Wildman–Crippen MR) is 74.7 cm³/mol. The zero-order chi connectivity index (χ0) is 14.3. The molecule has 2 amide bonds. The molecular weight excluding hydrogens is 244 g/mol. The summed E-state index contributed by atoms with van der Waals surface area (Å²) in [5, 5.41) is 2.76. The van der Waals surface area contributed by atoms with Gasteiger partial charge in [0.05, 0.1) is 14.2 Å². The average molecular weight is 266 g/mol. The summed E-state index contributed by atoms with van der Waals surface area (Å²) in [5.41, 5.74) is 6.26. The van der Waals surface area contributed by atoms with Crippen LogP contribution in [0.25, 0.3) is 0 Å². The van der Waals surface area contributed by atoms with Crippen molar-refractivity contribution in [3.8, 4) is 11.5 Å². The number of carbonyl (C=O) groups excluding carboxylic acids is 1. The number of nitrogens with one attached hydrogen (secondary N) is 1. The number of hydrogen-bond donors (Lipinski definition) is 2. The second kappa shape index (κ2) is 7.51. The van der Waals surface area contributed by atoms with Gasteiger partial charge in [-0.1, -0.05) is 19.4 Å². The lowest BCUT2D eigenvalue weighted by Gasteiger charge is -2.17. The minimum atomic E-state index is -0.487. The van der Waals surface area contributed by atoms with Gasteiger partial charge in [0.1, 0.15) is 0 Å². The smallest absolute Gasteiger partial charge is 0.312 e. The number of primary amides is 1. The first kappa shape index (κ1) is 15.1. The molecule has 0 unspecified atom stereocenters. The maximum Gasteiger partial charge on any atom is 0.312 e. The van der Waals surface area contributed by atoms with Crippen LogP contribution >= 0.6 is 0 Å². The van der Waals surface area contributed by atoms with E-state index in [-0.39, 0.29) is 6.04 Å². The monoisotopic (exact) mass is 266 g/mol. The van der Waals surface area contributed by atoms with Gasteiger partial charge in [0.15, 0.2) is 11.5 Å². The Morgan fingerprint density at radius 2 is 2.00 bits per heavy atom. The molecule has 106 valence electrons.